The molecule has 1 N–H and O–H groups in total. The van der Waals surface area contributed by atoms with Crippen LogP contribution in [0.4, 0.5) is 0 Å². The molecule has 0 fully saturated rings. The van der Waals surface area contributed by atoms with Crippen LogP contribution < -0.4 is 5.32 Å². The molecule has 2 aromatic heterocycles. The summed E-state index contributed by atoms with van der Waals surface area (Å²) in [4.78, 5) is 4.24. The van der Waals surface area contributed by atoms with E-state index >= 15 is 0 Å². The number of pyridine rings is 1. The summed E-state index contributed by atoms with van der Waals surface area (Å²) in [6.07, 6.45) is 3.69. The number of halogens is 1. The molecule has 2 heterocycles. The van der Waals surface area contributed by atoms with Gasteiger partial charge in [-0.2, -0.15) is 5.10 Å². The zero-order chi connectivity index (χ0) is 13.9. The summed E-state index contributed by atoms with van der Waals surface area (Å²) in [5.41, 5.74) is 3.17. The molecule has 0 atom stereocenters. The molecule has 0 unspecified atom stereocenters. The summed E-state index contributed by atoms with van der Waals surface area (Å²) >= 11 is 3.60. The largest absolute Gasteiger partial charge is 0.318 e. The highest BCUT2D eigenvalue weighted by atomic mass is 79.9. The number of hydrogen-bond donors (Lipinski definition) is 1. The number of rotatable bonds is 4. The van der Waals surface area contributed by atoms with Crippen molar-refractivity contribution in [1.29, 1.82) is 0 Å². The van der Waals surface area contributed by atoms with E-state index < -0.39 is 0 Å². The number of likely N-dealkylation sites (N-methyl/N-ethyl adjacent to an activating group) is 1. The highest BCUT2D eigenvalue weighted by molar-refractivity contribution is 9.10. The lowest BCUT2D eigenvalue weighted by atomic mass is 10.1. The third-order valence-corrected chi connectivity index (χ3v) is 3.95. The maximum Gasteiger partial charge on any atom is 0.103 e. The van der Waals surface area contributed by atoms with Gasteiger partial charge in [-0.1, -0.05) is 34.1 Å². The Morgan fingerprint density at radius 3 is 2.90 bits per heavy atom. The van der Waals surface area contributed by atoms with Gasteiger partial charge in [0.25, 0.3) is 0 Å². The smallest absolute Gasteiger partial charge is 0.103 e. The van der Waals surface area contributed by atoms with Gasteiger partial charge in [-0.15, -0.1) is 0 Å². The lowest BCUT2D eigenvalue weighted by molar-refractivity contribution is 0.603. The van der Waals surface area contributed by atoms with Crippen molar-refractivity contribution in [1.82, 2.24) is 20.1 Å². The molecule has 102 valence electrons. The molecule has 1 aromatic carbocycles. The summed E-state index contributed by atoms with van der Waals surface area (Å²) in [6.45, 7) is 1.72. The third-order valence-electron chi connectivity index (χ3n) is 3.25. The lowest BCUT2D eigenvalue weighted by Crippen LogP contribution is -2.15. The Morgan fingerprint density at radius 2 is 2.10 bits per heavy atom. The van der Waals surface area contributed by atoms with Crippen LogP contribution in [-0.2, 0) is 6.54 Å². The normalized spacial score (nSPS) is 11.1. The first kappa shape index (κ1) is 13.3. The molecule has 0 aliphatic carbocycles. The highest BCUT2D eigenvalue weighted by Crippen LogP contribution is 2.32. The van der Waals surface area contributed by atoms with Crippen LogP contribution in [0.2, 0.25) is 0 Å². The molecule has 0 amide bonds. The van der Waals surface area contributed by atoms with Crippen LogP contribution in [0, 0.1) is 0 Å². The monoisotopic (exact) mass is 330 g/mol. The van der Waals surface area contributed by atoms with E-state index in [1.54, 1.807) is 0 Å². The first-order valence-electron chi connectivity index (χ1n) is 6.51. The van der Waals surface area contributed by atoms with Gasteiger partial charge in [0.15, 0.2) is 0 Å². The fourth-order valence-electron chi connectivity index (χ4n) is 2.26. The van der Waals surface area contributed by atoms with Gasteiger partial charge in [0.05, 0.1) is 12.1 Å². The van der Waals surface area contributed by atoms with Gasteiger partial charge in [-0.3, -0.25) is 9.67 Å². The summed E-state index contributed by atoms with van der Waals surface area (Å²) in [7, 11) is 1.95. The van der Waals surface area contributed by atoms with Crippen LogP contribution in [0.3, 0.4) is 0 Å². The van der Waals surface area contributed by atoms with Gasteiger partial charge in [0.1, 0.15) is 5.69 Å². The minimum atomic E-state index is 0.835. The number of fused-ring (bicyclic) bond motifs is 1. The minimum absolute atomic E-state index is 0.835. The Kier molecular flexibility index (Phi) is 3.80. The first-order chi connectivity index (χ1) is 9.81. The van der Waals surface area contributed by atoms with Gasteiger partial charge in [-0.25, -0.2) is 0 Å². The lowest BCUT2D eigenvalue weighted by Gasteiger charge is -2.02. The molecule has 3 aromatic rings. The zero-order valence-corrected chi connectivity index (χ0v) is 12.8. The molecular formula is C15H15BrN4. The fraction of sp³-hybridized carbons (Fsp3) is 0.200. The van der Waals surface area contributed by atoms with Gasteiger partial charge in [0.2, 0.25) is 0 Å². The molecule has 0 saturated carbocycles. The number of hydrogen-bond acceptors (Lipinski definition) is 3. The SMILES string of the molecule is CNCCn1nc(-c2ccccc2Br)c2cnccc21. The Labute approximate surface area is 126 Å². The van der Waals surface area contributed by atoms with E-state index in [0.29, 0.717) is 0 Å². The summed E-state index contributed by atoms with van der Waals surface area (Å²) in [6, 6.07) is 10.1. The second kappa shape index (κ2) is 5.73. The molecular weight excluding hydrogens is 316 g/mol. The van der Waals surface area contributed by atoms with Crippen LogP contribution in [0.25, 0.3) is 22.2 Å². The van der Waals surface area contributed by atoms with E-state index in [4.69, 9.17) is 5.10 Å². The summed E-state index contributed by atoms with van der Waals surface area (Å²) in [5.74, 6) is 0. The maximum absolute atomic E-state index is 4.76. The average Bonchev–Trinajstić information content (AvgIpc) is 2.84. The van der Waals surface area contributed by atoms with E-state index in [0.717, 1.165) is 39.7 Å². The van der Waals surface area contributed by atoms with Crippen molar-refractivity contribution in [3.05, 3.63) is 47.2 Å². The Bertz CT molecular complexity index is 736. The van der Waals surface area contributed by atoms with Gasteiger partial charge < -0.3 is 5.32 Å². The average molecular weight is 331 g/mol. The van der Waals surface area contributed by atoms with Crippen molar-refractivity contribution >= 4 is 26.8 Å². The van der Waals surface area contributed by atoms with Crippen molar-refractivity contribution in [3.8, 4) is 11.3 Å². The zero-order valence-electron chi connectivity index (χ0n) is 11.2. The Morgan fingerprint density at radius 1 is 1.25 bits per heavy atom. The van der Waals surface area contributed by atoms with Gasteiger partial charge >= 0.3 is 0 Å². The van der Waals surface area contributed by atoms with E-state index in [1.165, 1.54) is 0 Å². The van der Waals surface area contributed by atoms with Crippen LogP contribution in [0.15, 0.2) is 47.2 Å². The van der Waals surface area contributed by atoms with E-state index in [2.05, 4.69) is 32.3 Å². The van der Waals surface area contributed by atoms with Crippen LogP contribution in [-0.4, -0.2) is 28.4 Å². The number of nitrogens with one attached hydrogen (secondary N) is 1. The topological polar surface area (TPSA) is 42.7 Å². The molecule has 5 heteroatoms. The van der Waals surface area contributed by atoms with Crippen LogP contribution in [0.5, 0.6) is 0 Å². The van der Waals surface area contributed by atoms with E-state index in [1.807, 2.05) is 48.4 Å². The van der Waals surface area contributed by atoms with E-state index in [9.17, 15) is 0 Å². The molecule has 0 aliphatic heterocycles. The molecule has 0 radical (unpaired) electrons. The Hall–Kier alpha value is -1.72. The van der Waals surface area contributed by atoms with Crippen molar-refractivity contribution in [2.24, 2.45) is 0 Å². The number of nitrogens with zero attached hydrogens (tertiary/aromatic N) is 3. The van der Waals surface area contributed by atoms with Crippen LogP contribution >= 0.6 is 15.9 Å². The van der Waals surface area contributed by atoms with Gasteiger partial charge in [-0.05, 0) is 19.2 Å². The molecule has 3 rings (SSSR count). The molecule has 20 heavy (non-hydrogen) atoms. The molecule has 0 spiro atoms. The summed E-state index contributed by atoms with van der Waals surface area (Å²) < 4.78 is 3.08. The van der Waals surface area contributed by atoms with E-state index in [-0.39, 0.29) is 0 Å². The standard InChI is InChI=1S/C15H15BrN4/c1-17-8-9-20-14-6-7-18-10-12(14)15(19-20)11-4-2-3-5-13(11)16/h2-7,10,17H,8-9H2,1H3. The first-order valence-corrected chi connectivity index (χ1v) is 7.30. The fourth-order valence-corrected chi connectivity index (χ4v) is 2.74. The highest BCUT2D eigenvalue weighted by Gasteiger charge is 2.13. The van der Waals surface area contributed by atoms with Crippen LogP contribution in [0.1, 0.15) is 0 Å². The van der Waals surface area contributed by atoms with Crippen molar-refractivity contribution in [3.63, 3.8) is 0 Å². The van der Waals surface area contributed by atoms with Crippen molar-refractivity contribution in [2.45, 2.75) is 6.54 Å². The second-order valence-corrected chi connectivity index (χ2v) is 5.40. The number of benzene rings is 1. The molecule has 0 aliphatic rings. The maximum atomic E-state index is 4.76. The third kappa shape index (κ3) is 2.34. The minimum Gasteiger partial charge on any atom is -0.318 e. The molecule has 0 saturated heterocycles. The predicted molar refractivity (Wildman–Crippen MR) is 84.6 cm³/mol. The molecule has 0 bridgehead atoms. The predicted octanol–water partition coefficient (Wildman–Crippen LogP) is 3.08. The second-order valence-electron chi connectivity index (χ2n) is 4.55. The van der Waals surface area contributed by atoms with Gasteiger partial charge in [0, 0.05) is 34.4 Å². The summed E-state index contributed by atoms with van der Waals surface area (Å²) in [5, 5.41) is 9.00. The van der Waals surface area contributed by atoms with Crippen molar-refractivity contribution in [2.75, 3.05) is 13.6 Å². The quantitative estimate of drug-likeness (QED) is 0.799. The Balaban J connectivity index is 2.19. The van der Waals surface area contributed by atoms with Crippen molar-refractivity contribution < 1.29 is 0 Å². The number of aromatic nitrogens is 3. The molecule has 4 nitrogen and oxygen atoms in total.